The molecule has 2 aromatic rings. The van der Waals surface area contributed by atoms with Crippen LogP contribution < -0.4 is 0 Å². The van der Waals surface area contributed by atoms with Gasteiger partial charge in [-0.25, -0.2) is 0 Å². The first kappa shape index (κ1) is 15.2. The molecule has 100 valence electrons. The van der Waals surface area contributed by atoms with Crippen LogP contribution in [0.5, 0.6) is 0 Å². The van der Waals surface area contributed by atoms with Crippen LogP contribution in [0.1, 0.15) is 15.2 Å². The largest absolute Gasteiger partial charge is 0.337 e. The molecule has 1 amide bonds. The van der Waals surface area contributed by atoms with E-state index in [1.807, 2.05) is 37.4 Å². The van der Waals surface area contributed by atoms with Crippen LogP contribution >= 0.6 is 59.1 Å². The number of nitrogens with zero attached hydrogens (tertiary/aromatic N) is 1. The SMILES string of the molecule is CN(Cc1ccc(Br)cc1)C(=O)c1cc(Br)c(Br)s1. The molecule has 1 aromatic heterocycles. The van der Waals surface area contributed by atoms with E-state index < -0.39 is 0 Å². The second-order valence-electron chi connectivity index (χ2n) is 4.02. The highest BCUT2D eigenvalue weighted by atomic mass is 79.9. The molecule has 2 nitrogen and oxygen atoms in total. The van der Waals surface area contributed by atoms with Crippen molar-refractivity contribution in [1.82, 2.24) is 4.90 Å². The Bertz CT molecular complexity index is 575. The summed E-state index contributed by atoms with van der Waals surface area (Å²) in [5.41, 5.74) is 1.11. The van der Waals surface area contributed by atoms with Gasteiger partial charge in [-0.1, -0.05) is 28.1 Å². The third kappa shape index (κ3) is 3.90. The highest BCUT2D eigenvalue weighted by Crippen LogP contribution is 2.33. The number of hydrogen-bond acceptors (Lipinski definition) is 2. The van der Waals surface area contributed by atoms with Crippen LogP contribution in [0, 0.1) is 0 Å². The van der Waals surface area contributed by atoms with Gasteiger partial charge in [-0.2, -0.15) is 0 Å². The van der Waals surface area contributed by atoms with Crippen LogP contribution in [-0.2, 0) is 6.54 Å². The molecule has 6 heteroatoms. The summed E-state index contributed by atoms with van der Waals surface area (Å²) in [6.45, 7) is 0.596. The molecule has 0 saturated carbocycles. The van der Waals surface area contributed by atoms with Crippen LogP contribution in [-0.4, -0.2) is 17.9 Å². The van der Waals surface area contributed by atoms with Crippen molar-refractivity contribution < 1.29 is 4.79 Å². The lowest BCUT2D eigenvalue weighted by Crippen LogP contribution is -2.25. The van der Waals surface area contributed by atoms with Crippen LogP contribution in [0.2, 0.25) is 0 Å². The summed E-state index contributed by atoms with van der Waals surface area (Å²) >= 11 is 11.6. The second-order valence-corrected chi connectivity index (χ2v) is 8.16. The molecule has 0 unspecified atom stereocenters. The molecular weight excluding hydrogens is 458 g/mol. The van der Waals surface area contributed by atoms with Crippen molar-refractivity contribution in [3.63, 3.8) is 0 Å². The maximum Gasteiger partial charge on any atom is 0.264 e. The molecule has 0 radical (unpaired) electrons. The van der Waals surface area contributed by atoms with E-state index in [9.17, 15) is 4.79 Å². The quantitative estimate of drug-likeness (QED) is 0.599. The summed E-state index contributed by atoms with van der Waals surface area (Å²) in [4.78, 5) is 14.7. The van der Waals surface area contributed by atoms with E-state index in [0.717, 1.165) is 23.2 Å². The Hall–Kier alpha value is -0.170. The molecule has 2 rings (SSSR count). The van der Waals surface area contributed by atoms with Crippen molar-refractivity contribution in [1.29, 1.82) is 0 Å². The summed E-state index contributed by atoms with van der Waals surface area (Å²) in [5, 5.41) is 0. The van der Waals surface area contributed by atoms with E-state index in [0.29, 0.717) is 6.54 Å². The summed E-state index contributed by atoms with van der Waals surface area (Å²) in [7, 11) is 1.81. The van der Waals surface area contributed by atoms with Crippen molar-refractivity contribution >= 4 is 65.0 Å². The van der Waals surface area contributed by atoms with Gasteiger partial charge in [0.25, 0.3) is 5.91 Å². The molecule has 1 aromatic carbocycles. The lowest BCUT2D eigenvalue weighted by Gasteiger charge is -2.16. The average Bonchev–Trinajstić information content (AvgIpc) is 2.71. The zero-order valence-corrected chi connectivity index (χ0v) is 15.6. The van der Waals surface area contributed by atoms with E-state index in [1.54, 1.807) is 4.90 Å². The molecule has 0 atom stereocenters. The highest BCUT2D eigenvalue weighted by molar-refractivity contribution is 9.13. The topological polar surface area (TPSA) is 20.3 Å². The lowest BCUT2D eigenvalue weighted by molar-refractivity contribution is 0.0790. The molecule has 0 N–H and O–H groups in total. The number of halogens is 3. The zero-order chi connectivity index (χ0) is 14.0. The summed E-state index contributed by atoms with van der Waals surface area (Å²) < 4.78 is 2.89. The monoisotopic (exact) mass is 465 g/mol. The van der Waals surface area contributed by atoms with Crippen molar-refractivity contribution in [2.24, 2.45) is 0 Å². The van der Waals surface area contributed by atoms with E-state index >= 15 is 0 Å². The Labute approximate surface area is 141 Å². The molecular formula is C13H10Br3NOS. The number of carbonyl (C=O) groups excluding carboxylic acids is 1. The Morgan fingerprint density at radius 1 is 1.21 bits per heavy atom. The summed E-state index contributed by atoms with van der Waals surface area (Å²) in [6, 6.07) is 9.81. The number of benzene rings is 1. The van der Waals surface area contributed by atoms with Gasteiger partial charge in [0.2, 0.25) is 0 Å². The minimum absolute atomic E-state index is 0.0271. The smallest absolute Gasteiger partial charge is 0.264 e. The fraction of sp³-hybridized carbons (Fsp3) is 0.154. The van der Waals surface area contributed by atoms with Gasteiger partial charge in [-0.15, -0.1) is 11.3 Å². The molecule has 19 heavy (non-hydrogen) atoms. The molecule has 0 aliphatic rings. The number of rotatable bonds is 3. The Morgan fingerprint density at radius 2 is 1.84 bits per heavy atom. The molecule has 1 heterocycles. The van der Waals surface area contributed by atoms with Gasteiger partial charge in [-0.3, -0.25) is 4.79 Å². The number of carbonyl (C=O) groups is 1. The van der Waals surface area contributed by atoms with Gasteiger partial charge in [0, 0.05) is 22.5 Å². The van der Waals surface area contributed by atoms with Gasteiger partial charge in [-0.05, 0) is 55.6 Å². The predicted molar refractivity (Wildman–Crippen MR) is 89.7 cm³/mol. The molecule has 0 spiro atoms. The molecule has 0 aliphatic carbocycles. The fourth-order valence-electron chi connectivity index (χ4n) is 1.58. The van der Waals surface area contributed by atoms with Crippen LogP contribution in [0.3, 0.4) is 0 Å². The Kier molecular flexibility index (Phi) is 5.22. The van der Waals surface area contributed by atoms with Crippen molar-refractivity contribution in [2.75, 3.05) is 7.05 Å². The van der Waals surface area contributed by atoms with E-state index in [4.69, 9.17) is 0 Å². The predicted octanol–water partition coefficient (Wildman–Crippen LogP) is 5.31. The normalized spacial score (nSPS) is 10.5. The van der Waals surface area contributed by atoms with Gasteiger partial charge in [0.15, 0.2) is 0 Å². The minimum Gasteiger partial charge on any atom is -0.337 e. The van der Waals surface area contributed by atoms with E-state index in [1.165, 1.54) is 11.3 Å². The summed E-state index contributed by atoms with van der Waals surface area (Å²) in [5.74, 6) is 0.0271. The first-order valence-corrected chi connectivity index (χ1v) is 8.61. The lowest BCUT2D eigenvalue weighted by atomic mass is 10.2. The van der Waals surface area contributed by atoms with Gasteiger partial charge < -0.3 is 4.90 Å². The highest BCUT2D eigenvalue weighted by Gasteiger charge is 2.16. The second kappa shape index (κ2) is 6.52. The number of thiophene rings is 1. The third-order valence-electron chi connectivity index (χ3n) is 2.54. The molecule has 0 fully saturated rings. The maximum absolute atomic E-state index is 12.3. The van der Waals surface area contributed by atoms with Gasteiger partial charge in [0.05, 0.1) is 8.66 Å². The van der Waals surface area contributed by atoms with Crippen LogP contribution in [0.25, 0.3) is 0 Å². The standard InChI is InChI=1S/C13H10Br3NOS/c1-17(7-8-2-4-9(14)5-3-8)13(18)11-6-10(15)12(16)19-11/h2-6H,7H2,1H3. The minimum atomic E-state index is 0.0271. The van der Waals surface area contributed by atoms with Gasteiger partial charge in [0.1, 0.15) is 0 Å². The first-order chi connectivity index (χ1) is 8.97. The van der Waals surface area contributed by atoms with E-state index in [-0.39, 0.29) is 5.91 Å². The number of amides is 1. The van der Waals surface area contributed by atoms with Crippen LogP contribution in [0.15, 0.2) is 43.1 Å². The molecule has 0 saturated heterocycles. The summed E-state index contributed by atoms with van der Waals surface area (Å²) in [6.07, 6.45) is 0. The van der Waals surface area contributed by atoms with E-state index in [2.05, 4.69) is 47.8 Å². The van der Waals surface area contributed by atoms with Crippen molar-refractivity contribution in [3.8, 4) is 0 Å². The van der Waals surface area contributed by atoms with Crippen molar-refractivity contribution in [3.05, 3.63) is 53.5 Å². The Morgan fingerprint density at radius 3 is 2.37 bits per heavy atom. The molecule has 0 aliphatic heterocycles. The first-order valence-electron chi connectivity index (χ1n) is 5.42. The maximum atomic E-state index is 12.3. The average molecular weight is 468 g/mol. The van der Waals surface area contributed by atoms with Crippen LogP contribution in [0.4, 0.5) is 0 Å². The third-order valence-corrected chi connectivity index (χ3v) is 6.31. The molecule has 0 bridgehead atoms. The fourth-order valence-corrected chi connectivity index (χ4v) is 3.87. The van der Waals surface area contributed by atoms with Gasteiger partial charge >= 0.3 is 0 Å². The zero-order valence-electron chi connectivity index (χ0n) is 9.99. The Balaban J connectivity index is 2.09. The van der Waals surface area contributed by atoms with Crippen molar-refractivity contribution in [2.45, 2.75) is 6.54 Å². The number of hydrogen-bond donors (Lipinski definition) is 0.